The van der Waals surface area contributed by atoms with E-state index in [1.807, 2.05) is 11.8 Å². The average Bonchev–Trinajstić information content (AvgIpc) is 2.66. The smallest absolute Gasteiger partial charge is 0.257 e. The summed E-state index contributed by atoms with van der Waals surface area (Å²) in [4.78, 5) is 25.7. The summed E-state index contributed by atoms with van der Waals surface area (Å²) in [6.07, 6.45) is -0.139. The van der Waals surface area contributed by atoms with Crippen molar-refractivity contribution in [2.45, 2.75) is 24.7 Å². The summed E-state index contributed by atoms with van der Waals surface area (Å²) in [7, 11) is -3.90. The van der Waals surface area contributed by atoms with Gasteiger partial charge < -0.3 is 4.74 Å². The van der Waals surface area contributed by atoms with Crippen molar-refractivity contribution in [3.8, 4) is 5.75 Å². The number of hydrogen-bond acceptors (Lipinski definition) is 5. The topological polar surface area (TPSA) is 102 Å². The lowest BCUT2D eigenvalue weighted by molar-refractivity contribution is -0.121. The highest BCUT2D eigenvalue weighted by atomic mass is 32.2. The second-order valence-corrected chi connectivity index (χ2v) is 7.03. The van der Waals surface area contributed by atoms with E-state index < -0.39 is 15.9 Å². The zero-order valence-electron chi connectivity index (χ0n) is 14.3. The molecule has 0 aliphatic carbocycles. The van der Waals surface area contributed by atoms with E-state index in [-0.39, 0.29) is 23.5 Å². The third kappa shape index (κ3) is 5.68. The van der Waals surface area contributed by atoms with Gasteiger partial charge in [-0.05, 0) is 31.2 Å². The summed E-state index contributed by atoms with van der Waals surface area (Å²) < 4.78 is 29.5. The highest BCUT2D eigenvalue weighted by Crippen LogP contribution is 2.15. The number of rotatable bonds is 9. The molecule has 0 aliphatic rings. The van der Waals surface area contributed by atoms with Crippen molar-refractivity contribution in [3.05, 3.63) is 60.2 Å². The highest BCUT2D eigenvalue weighted by molar-refractivity contribution is 7.89. The number of benzene rings is 2. The van der Waals surface area contributed by atoms with Gasteiger partial charge in [0, 0.05) is 18.4 Å². The molecule has 0 spiro atoms. The van der Waals surface area contributed by atoms with Crippen LogP contribution in [-0.4, -0.2) is 26.7 Å². The first-order chi connectivity index (χ1) is 12.4. The molecular formula is C18H20N2O5S. The number of amides is 1. The van der Waals surface area contributed by atoms with Crippen LogP contribution in [0.2, 0.25) is 0 Å². The molecular weight excluding hydrogens is 356 g/mol. The van der Waals surface area contributed by atoms with Crippen molar-refractivity contribution < 1.29 is 22.7 Å². The molecule has 0 saturated heterocycles. The van der Waals surface area contributed by atoms with Gasteiger partial charge in [-0.1, -0.05) is 30.3 Å². The Morgan fingerprint density at radius 3 is 2.23 bits per heavy atom. The van der Waals surface area contributed by atoms with E-state index in [0.717, 1.165) is 0 Å². The maximum absolute atomic E-state index is 12.1. The third-order valence-corrected chi connectivity index (χ3v) is 4.71. The van der Waals surface area contributed by atoms with Gasteiger partial charge in [-0.3, -0.25) is 15.0 Å². The van der Waals surface area contributed by atoms with Crippen LogP contribution >= 0.6 is 0 Å². The lowest BCUT2D eigenvalue weighted by Gasteiger charge is -2.09. The first-order valence-electron chi connectivity index (χ1n) is 8.04. The first kappa shape index (κ1) is 19.6. The van der Waals surface area contributed by atoms with Crippen molar-refractivity contribution in [1.29, 1.82) is 0 Å². The third-order valence-electron chi connectivity index (χ3n) is 3.44. The molecule has 2 rings (SSSR count). The van der Waals surface area contributed by atoms with Crippen molar-refractivity contribution >= 4 is 21.7 Å². The Bertz CT molecular complexity index is 849. The minimum atomic E-state index is -3.90. The Balaban J connectivity index is 1.84. The Morgan fingerprint density at radius 1 is 0.962 bits per heavy atom. The van der Waals surface area contributed by atoms with E-state index in [9.17, 15) is 18.0 Å². The van der Waals surface area contributed by atoms with Crippen LogP contribution in [0.3, 0.4) is 0 Å². The number of nitrogens with one attached hydrogen (secondary N) is 2. The zero-order chi connectivity index (χ0) is 19.0. The largest absolute Gasteiger partial charge is 0.494 e. The van der Waals surface area contributed by atoms with Gasteiger partial charge in [0.1, 0.15) is 5.75 Å². The predicted molar refractivity (Wildman–Crippen MR) is 96.1 cm³/mol. The first-order valence-corrected chi connectivity index (χ1v) is 9.52. The molecule has 8 heteroatoms. The van der Waals surface area contributed by atoms with Gasteiger partial charge in [0.2, 0.25) is 5.91 Å². The molecule has 7 nitrogen and oxygen atoms in total. The molecule has 0 aliphatic heterocycles. The van der Waals surface area contributed by atoms with Crippen LogP contribution < -0.4 is 15.0 Å². The van der Waals surface area contributed by atoms with E-state index in [4.69, 9.17) is 4.74 Å². The number of carbonyl (C=O) groups is 2. The molecule has 2 aromatic carbocycles. The molecule has 0 aromatic heterocycles. The van der Waals surface area contributed by atoms with Gasteiger partial charge in [0.25, 0.3) is 10.0 Å². The molecule has 0 unspecified atom stereocenters. The van der Waals surface area contributed by atoms with E-state index in [1.54, 1.807) is 30.3 Å². The van der Waals surface area contributed by atoms with E-state index >= 15 is 0 Å². The fraction of sp³-hybridized carbons (Fsp3) is 0.222. The molecule has 0 atom stereocenters. The minimum Gasteiger partial charge on any atom is -0.494 e. The summed E-state index contributed by atoms with van der Waals surface area (Å²) in [5, 5.41) is 0. The predicted octanol–water partition coefficient (Wildman–Crippen LogP) is 2.06. The van der Waals surface area contributed by atoms with Crippen LogP contribution in [0, 0.1) is 0 Å². The van der Waals surface area contributed by atoms with Crippen LogP contribution in [0.4, 0.5) is 0 Å². The van der Waals surface area contributed by atoms with Crippen LogP contribution in [0.1, 0.15) is 30.1 Å². The second kappa shape index (κ2) is 9.12. The molecule has 1 amide bonds. The average molecular weight is 376 g/mol. The van der Waals surface area contributed by atoms with Crippen molar-refractivity contribution in [3.63, 3.8) is 0 Å². The van der Waals surface area contributed by atoms with Gasteiger partial charge in [-0.2, -0.15) is 0 Å². The van der Waals surface area contributed by atoms with E-state index in [2.05, 4.69) is 5.43 Å². The molecule has 0 saturated carbocycles. The number of hydrazine groups is 1. The van der Waals surface area contributed by atoms with Crippen LogP contribution in [0.15, 0.2) is 59.5 Å². The number of Topliss-reactive ketones (excluding diaryl/α,β-unsaturated/α-hetero) is 1. The second-order valence-electron chi connectivity index (χ2n) is 5.35. The van der Waals surface area contributed by atoms with Crippen molar-refractivity contribution in [1.82, 2.24) is 10.3 Å². The summed E-state index contributed by atoms with van der Waals surface area (Å²) in [6, 6.07) is 14.4. The van der Waals surface area contributed by atoms with Crippen LogP contribution in [0.25, 0.3) is 0 Å². The summed E-state index contributed by atoms with van der Waals surface area (Å²) in [5.41, 5.74) is 2.62. The molecule has 2 N–H and O–H groups in total. The van der Waals surface area contributed by atoms with Crippen LogP contribution in [0.5, 0.6) is 5.75 Å². The number of ether oxygens (including phenoxy) is 1. The quantitative estimate of drug-likeness (QED) is 0.515. The fourth-order valence-corrected chi connectivity index (χ4v) is 2.98. The maximum Gasteiger partial charge on any atom is 0.257 e. The molecule has 26 heavy (non-hydrogen) atoms. The number of carbonyl (C=O) groups excluding carboxylic acids is 2. The molecule has 0 bridgehead atoms. The monoisotopic (exact) mass is 376 g/mol. The minimum absolute atomic E-state index is 0.0124. The molecule has 0 radical (unpaired) electrons. The highest BCUT2D eigenvalue weighted by Gasteiger charge is 2.16. The van der Waals surface area contributed by atoms with Crippen molar-refractivity contribution in [2.24, 2.45) is 0 Å². The van der Waals surface area contributed by atoms with Gasteiger partial charge >= 0.3 is 0 Å². The number of hydrogen-bond donors (Lipinski definition) is 2. The number of ketones is 1. The Kier molecular flexibility index (Phi) is 6.88. The summed E-state index contributed by atoms with van der Waals surface area (Å²) >= 11 is 0. The zero-order valence-corrected chi connectivity index (χ0v) is 15.1. The van der Waals surface area contributed by atoms with Crippen LogP contribution in [-0.2, 0) is 14.8 Å². The van der Waals surface area contributed by atoms with Gasteiger partial charge in [-0.15, -0.1) is 4.83 Å². The summed E-state index contributed by atoms with van der Waals surface area (Å²) in [6.45, 7) is 2.30. The molecule has 138 valence electrons. The lowest BCUT2D eigenvalue weighted by atomic mass is 10.1. The Hall–Kier alpha value is -2.71. The number of sulfonamides is 1. The standard InChI is InChI=1S/C18H20N2O5S/c1-2-25-15-8-10-16(11-9-15)26(23,24)20-19-18(22)13-12-17(21)14-6-4-3-5-7-14/h3-11,20H,2,12-13H2,1H3,(H,19,22). The van der Waals surface area contributed by atoms with E-state index in [1.165, 1.54) is 24.3 Å². The Morgan fingerprint density at radius 2 is 1.62 bits per heavy atom. The summed E-state index contributed by atoms with van der Waals surface area (Å²) in [5.74, 6) is -0.228. The Labute approximate surface area is 152 Å². The lowest BCUT2D eigenvalue weighted by Crippen LogP contribution is -2.41. The van der Waals surface area contributed by atoms with Gasteiger partial charge in [0.05, 0.1) is 11.5 Å². The van der Waals surface area contributed by atoms with Gasteiger partial charge in [-0.25, -0.2) is 8.42 Å². The molecule has 0 heterocycles. The molecule has 2 aromatic rings. The normalized spacial score (nSPS) is 11.0. The fourth-order valence-electron chi connectivity index (χ4n) is 2.12. The van der Waals surface area contributed by atoms with E-state index in [0.29, 0.717) is 17.9 Å². The van der Waals surface area contributed by atoms with Gasteiger partial charge in [0.15, 0.2) is 5.78 Å². The SMILES string of the molecule is CCOc1ccc(S(=O)(=O)NNC(=O)CCC(=O)c2ccccc2)cc1. The molecule has 0 fully saturated rings. The maximum atomic E-state index is 12.1. The van der Waals surface area contributed by atoms with Crippen molar-refractivity contribution in [2.75, 3.05) is 6.61 Å².